The first-order chi connectivity index (χ1) is 13.0. The SMILES string of the molecule is Cc1cc(/C=C/C(=O)OCC(=O)N(C)CC(=O)NC(C)(C)C)c(C)n1C1CC1. The monoisotopic (exact) mass is 389 g/mol. The number of aromatic nitrogens is 1. The van der Waals surface area contributed by atoms with Crippen molar-refractivity contribution in [3.05, 3.63) is 29.1 Å². The number of carbonyl (C=O) groups is 3. The van der Waals surface area contributed by atoms with E-state index in [0.717, 1.165) is 11.3 Å². The van der Waals surface area contributed by atoms with Crippen molar-refractivity contribution in [1.82, 2.24) is 14.8 Å². The summed E-state index contributed by atoms with van der Waals surface area (Å²) < 4.78 is 7.31. The number of carbonyl (C=O) groups excluding carboxylic acids is 3. The van der Waals surface area contributed by atoms with E-state index in [1.165, 1.54) is 36.6 Å². The van der Waals surface area contributed by atoms with E-state index in [1.54, 1.807) is 6.08 Å². The van der Waals surface area contributed by atoms with Crippen LogP contribution >= 0.6 is 0 Å². The molecule has 154 valence electrons. The van der Waals surface area contributed by atoms with Crippen molar-refractivity contribution in [1.29, 1.82) is 0 Å². The third-order valence-electron chi connectivity index (χ3n) is 4.49. The summed E-state index contributed by atoms with van der Waals surface area (Å²) in [6.45, 7) is 9.21. The van der Waals surface area contributed by atoms with Crippen LogP contribution < -0.4 is 5.32 Å². The van der Waals surface area contributed by atoms with E-state index < -0.39 is 18.5 Å². The number of amides is 2. The summed E-state index contributed by atoms with van der Waals surface area (Å²) in [6, 6.07) is 2.63. The molecule has 1 aliphatic carbocycles. The molecule has 28 heavy (non-hydrogen) atoms. The predicted molar refractivity (Wildman–Crippen MR) is 108 cm³/mol. The molecule has 0 radical (unpaired) electrons. The molecule has 1 N–H and O–H groups in total. The topological polar surface area (TPSA) is 80.6 Å². The average Bonchev–Trinajstić information content (AvgIpc) is 3.34. The summed E-state index contributed by atoms with van der Waals surface area (Å²) in [5, 5.41) is 2.78. The summed E-state index contributed by atoms with van der Waals surface area (Å²) in [6.07, 6.45) is 5.45. The van der Waals surface area contributed by atoms with Crippen molar-refractivity contribution in [3.8, 4) is 0 Å². The molecule has 0 bridgehead atoms. The smallest absolute Gasteiger partial charge is 0.331 e. The molecule has 0 atom stereocenters. The molecule has 1 saturated carbocycles. The number of hydrogen-bond donors (Lipinski definition) is 1. The van der Waals surface area contributed by atoms with Gasteiger partial charge in [0.25, 0.3) is 5.91 Å². The van der Waals surface area contributed by atoms with Gasteiger partial charge in [-0.3, -0.25) is 9.59 Å². The van der Waals surface area contributed by atoms with E-state index in [-0.39, 0.29) is 18.0 Å². The minimum Gasteiger partial charge on any atom is -0.452 e. The minimum atomic E-state index is -0.586. The number of ether oxygens (including phenoxy) is 1. The molecule has 1 aromatic heterocycles. The standard InChI is InChI=1S/C21H31N3O4/c1-14-11-16(15(2)24(14)17-8-9-17)7-10-20(27)28-13-19(26)23(6)12-18(25)22-21(3,4)5/h7,10-11,17H,8-9,12-13H2,1-6H3,(H,22,25)/b10-7+. The van der Waals surface area contributed by atoms with Gasteiger partial charge in [-0.2, -0.15) is 0 Å². The molecule has 0 unspecified atom stereocenters. The number of likely N-dealkylation sites (N-methyl/N-ethyl adjacent to an activating group) is 1. The van der Waals surface area contributed by atoms with Gasteiger partial charge in [0.1, 0.15) is 0 Å². The molecular formula is C21H31N3O4. The molecule has 2 amide bonds. The Kier molecular flexibility index (Phi) is 6.69. The highest BCUT2D eigenvalue weighted by molar-refractivity contribution is 5.90. The van der Waals surface area contributed by atoms with Gasteiger partial charge < -0.3 is 19.5 Å². The third kappa shape index (κ3) is 6.25. The van der Waals surface area contributed by atoms with E-state index in [4.69, 9.17) is 4.74 Å². The normalized spacial score (nSPS) is 14.2. The fourth-order valence-electron chi connectivity index (χ4n) is 3.08. The summed E-state index contributed by atoms with van der Waals surface area (Å²) in [7, 11) is 1.50. The summed E-state index contributed by atoms with van der Waals surface area (Å²) in [5.74, 6) is -1.28. The maximum absolute atomic E-state index is 12.0. The van der Waals surface area contributed by atoms with Crippen molar-refractivity contribution in [2.45, 2.75) is 59.0 Å². The second kappa shape index (κ2) is 8.63. The minimum absolute atomic E-state index is 0.0867. The molecule has 0 aromatic carbocycles. The average molecular weight is 389 g/mol. The van der Waals surface area contributed by atoms with Crippen LogP contribution in [0.3, 0.4) is 0 Å². The largest absolute Gasteiger partial charge is 0.452 e. The van der Waals surface area contributed by atoms with Crippen LogP contribution in [0.15, 0.2) is 12.1 Å². The van der Waals surface area contributed by atoms with Crippen LogP contribution in [-0.4, -0.2) is 53.0 Å². The van der Waals surface area contributed by atoms with Crippen LogP contribution in [0.2, 0.25) is 0 Å². The van der Waals surface area contributed by atoms with Crippen LogP contribution in [0.4, 0.5) is 0 Å². The Bertz CT molecular complexity index is 782. The number of rotatable bonds is 7. The first-order valence-corrected chi connectivity index (χ1v) is 9.56. The fourth-order valence-corrected chi connectivity index (χ4v) is 3.08. The molecule has 7 heteroatoms. The highest BCUT2D eigenvalue weighted by Gasteiger charge is 2.26. The molecular weight excluding hydrogens is 358 g/mol. The van der Waals surface area contributed by atoms with E-state index in [1.807, 2.05) is 33.8 Å². The number of nitrogens with one attached hydrogen (secondary N) is 1. The predicted octanol–water partition coefficient (Wildman–Crippen LogP) is 2.37. The molecule has 0 aliphatic heterocycles. The molecule has 2 rings (SSSR count). The van der Waals surface area contributed by atoms with E-state index in [2.05, 4.69) is 16.8 Å². The van der Waals surface area contributed by atoms with Gasteiger partial charge in [0.15, 0.2) is 6.61 Å². The number of nitrogens with zero attached hydrogens (tertiary/aromatic N) is 2. The molecule has 1 fully saturated rings. The van der Waals surface area contributed by atoms with Gasteiger partial charge in [-0.25, -0.2) is 4.79 Å². The summed E-state index contributed by atoms with van der Waals surface area (Å²) in [4.78, 5) is 37.1. The van der Waals surface area contributed by atoms with Gasteiger partial charge in [-0.15, -0.1) is 0 Å². The number of aryl methyl sites for hydroxylation is 1. The van der Waals surface area contributed by atoms with Crippen molar-refractivity contribution in [2.24, 2.45) is 0 Å². The molecule has 0 spiro atoms. The first-order valence-electron chi connectivity index (χ1n) is 9.56. The molecule has 0 saturated heterocycles. The van der Waals surface area contributed by atoms with Gasteiger partial charge in [0, 0.05) is 36.1 Å². The second-order valence-corrected chi connectivity index (χ2v) is 8.42. The van der Waals surface area contributed by atoms with Gasteiger partial charge in [0.2, 0.25) is 5.91 Å². The molecule has 1 aromatic rings. The zero-order valence-electron chi connectivity index (χ0n) is 17.7. The molecule has 1 heterocycles. The van der Waals surface area contributed by atoms with Crippen LogP contribution in [0.1, 0.15) is 56.6 Å². The number of esters is 1. The second-order valence-electron chi connectivity index (χ2n) is 8.42. The number of hydrogen-bond acceptors (Lipinski definition) is 4. The highest BCUT2D eigenvalue weighted by Crippen LogP contribution is 2.38. The van der Waals surface area contributed by atoms with Gasteiger partial charge in [-0.05, 0) is 65.2 Å². The zero-order chi connectivity index (χ0) is 21.1. The summed E-state index contributed by atoms with van der Waals surface area (Å²) in [5.41, 5.74) is 2.92. The lowest BCUT2D eigenvalue weighted by Gasteiger charge is -2.23. The van der Waals surface area contributed by atoms with Crippen molar-refractivity contribution in [2.75, 3.05) is 20.2 Å². The Balaban J connectivity index is 1.82. The Morgan fingerprint density at radius 1 is 1.29 bits per heavy atom. The molecule has 1 aliphatic rings. The fraction of sp³-hybridized carbons (Fsp3) is 0.571. The Labute approximate surface area is 166 Å². The van der Waals surface area contributed by atoms with E-state index >= 15 is 0 Å². The maximum Gasteiger partial charge on any atom is 0.331 e. The van der Waals surface area contributed by atoms with E-state index in [0.29, 0.717) is 6.04 Å². The van der Waals surface area contributed by atoms with E-state index in [9.17, 15) is 14.4 Å². The Morgan fingerprint density at radius 3 is 2.50 bits per heavy atom. The zero-order valence-corrected chi connectivity index (χ0v) is 17.7. The first kappa shape index (κ1) is 21.7. The van der Waals surface area contributed by atoms with Crippen molar-refractivity contribution < 1.29 is 19.1 Å². The van der Waals surface area contributed by atoms with Crippen LogP contribution in [0, 0.1) is 13.8 Å². The van der Waals surface area contributed by atoms with Crippen molar-refractivity contribution in [3.63, 3.8) is 0 Å². The maximum atomic E-state index is 12.0. The van der Waals surface area contributed by atoms with Gasteiger partial charge in [0.05, 0.1) is 6.54 Å². The quantitative estimate of drug-likeness (QED) is 0.573. The third-order valence-corrected chi connectivity index (χ3v) is 4.49. The summed E-state index contributed by atoms with van der Waals surface area (Å²) >= 11 is 0. The van der Waals surface area contributed by atoms with Gasteiger partial charge in [-0.1, -0.05) is 0 Å². The lowest BCUT2D eigenvalue weighted by molar-refractivity contribution is -0.148. The Hall–Kier alpha value is -2.57. The molecule has 7 nitrogen and oxygen atoms in total. The van der Waals surface area contributed by atoms with Crippen molar-refractivity contribution >= 4 is 23.9 Å². The highest BCUT2D eigenvalue weighted by atomic mass is 16.5. The Morgan fingerprint density at radius 2 is 1.93 bits per heavy atom. The van der Waals surface area contributed by atoms with Gasteiger partial charge >= 0.3 is 5.97 Å². The van der Waals surface area contributed by atoms with Crippen LogP contribution in [0.25, 0.3) is 6.08 Å². The lowest BCUT2D eigenvalue weighted by atomic mass is 10.1. The lowest BCUT2D eigenvalue weighted by Crippen LogP contribution is -2.46. The van der Waals surface area contributed by atoms with Crippen LogP contribution in [-0.2, 0) is 19.1 Å². The van der Waals surface area contributed by atoms with Crippen LogP contribution in [0.5, 0.6) is 0 Å².